The molecule has 1 fully saturated rings. The number of ether oxygens (including phenoxy) is 4. The van der Waals surface area contributed by atoms with Gasteiger partial charge in [-0.1, -0.05) is 27.7 Å². The summed E-state index contributed by atoms with van der Waals surface area (Å²) in [5, 5.41) is 6.04. The number of nitrogens with one attached hydrogen (secondary N) is 2. The number of esters is 2. The Bertz CT molecular complexity index is 608. The Balaban J connectivity index is 0. The summed E-state index contributed by atoms with van der Waals surface area (Å²) in [5.74, 6) is 1.33. The van der Waals surface area contributed by atoms with Gasteiger partial charge in [-0.05, 0) is 62.4 Å². The molecule has 2 unspecified atom stereocenters. The summed E-state index contributed by atoms with van der Waals surface area (Å²) in [6.07, 6.45) is 6.25. The maximum absolute atomic E-state index is 11.8. The van der Waals surface area contributed by atoms with Crippen LogP contribution in [0, 0.1) is 23.7 Å². The van der Waals surface area contributed by atoms with Gasteiger partial charge in [0.05, 0.1) is 26.2 Å². The molecule has 0 aliphatic heterocycles. The molecule has 0 radical (unpaired) electrons. The van der Waals surface area contributed by atoms with E-state index in [1.807, 2.05) is 13.8 Å². The van der Waals surface area contributed by atoms with E-state index in [9.17, 15) is 19.2 Å². The third-order valence-corrected chi connectivity index (χ3v) is 5.78. The zero-order valence-electron chi connectivity index (χ0n) is 25.0. The largest absolute Gasteiger partial charge is 0.468 e. The predicted octanol–water partition coefficient (Wildman–Crippen LogP) is 2.81. The highest BCUT2D eigenvalue weighted by molar-refractivity contribution is 5.78. The van der Waals surface area contributed by atoms with Crippen molar-refractivity contribution in [1.82, 2.24) is 10.6 Å². The monoisotopic (exact) mass is 546 g/mol. The highest BCUT2D eigenvalue weighted by atomic mass is 16.5. The van der Waals surface area contributed by atoms with Crippen LogP contribution in [-0.2, 0) is 38.1 Å². The normalized spacial score (nSPS) is 18.3. The van der Waals surface area contributed by atoms with E-state index >= 15 is 0 Å². The van der Waals surface area contributed by atoms with Gasteiger partial charge in [-0.15, -0.1) is 0 Å². The molecular weight excluding hydrogens is 492 g/mol. The lowest BCUT2D eigenvalue weighted by atomic mass is 9.83. The van der Waals surface area contributed by atoms with Crippen molar-refractivity contribution in [1.29, 1.82) is 0 Å². The highest BCUT2D eigenvalue weighted by Gasteiger charge is 2.23. The second kappa shape index (κ2) is 25.4. The fraction of sp³-hybridized carbons (Fsp3) is 0.857. The molecule has 10 heteroatoms. The maximum Gasteiger partial charge on any atom is 0.323 e. The van der Waals surface area contributed by atoms with Crippen molar-refractivity contribution in [2.75, 3.05) is 54.7 Å². The van der Waals surface area contributed by atoms with E-state index in [1.54, 1.807) is 21.3 Å². The molecule has 1 aliphatic rings. The minimum Gasteiger partial charge on any atom is -0.468 e. The van der Waals surface area contributed by atoms with Gasteiger partial charge in [0.15, 0.2) is 0 Å². The molecule has 0 aromatic rings. The predicted molar refractivity (Wildman–Crippen MR) is 148 cm³/mol. The first-order valence-corrected chi connectivity index (χ1v) is 13.6. The fourth-order valence-corrected chi connectivity index (χ4v) is 3.68. The molecule has 0 aromatic carbocycles. The Morgan fingerprint density at radius 1 is 0.842 bits per heavy atom. The first-order valence-electron chi connectivity index (χ1n) is 13.6. The van der Waals surface area contributed by atoms with Crippen molar-refractivity contribution in [2.45, 2.75) is 78.3 Å². The molecular formula is C28H54N2O8. The number of hydrogen-bond acceptors (Lipinski definition) is 10. The lowest BCUT2D eigenvalue weighted by Gasteiger charge is -2.27. The quantitative estimate of drug-likeness (QED) is 0.220. The molecule has 0 saturated heterocycles. The first kappa shape index (κ1) is 38.3. The van der Waals surface area contributed by atoms with Crippen molar-refractivity contribution in [3.8, 4) is 0 Å². The van der Waals surface area contributed by atoms with E-state index in [0.29, 0.717) is 36.8 Å². The summed E-state index contributed by atoms with van der Waals surface area (Å²) in [5.41, 5.74) is 0. The molecule has 1 rings (SSSR count). The molecule has 38 heavy (non-hydrogen) atoms. The minimum absolute atomic E-state index is 0.120. The van der Waals surface area contributed by atoms with Crippen LogP contribution in [0.15, 0.2) is 0 Å². The molecule has 10 nitrogen and oxygen atoms in total. The zero-order chi connectivity index (χ0) is 29.3. The zero-order valence-corrected chi connectivity index (χ0v) is 25.0. The van der Waals surface area contributed by atoms with Crippen LogP contribution in [0.4, 0.5) is 0 Å². The Labute approximate surface area is 230 Å². The number of carbonyl (C=O) groups is 4. The smallest absolute Gasteiger partial charge is 0.323 e. The molecule has 0 heterocycles. The highest BCUT2D eigenvalue weighted by Crippen LogP contribution is 2.29. The molecule has 0 spiro atoms. The fourth-order valence-electron chi connectivity index (χ4n) is 3.68. The van der Waals surface area contributed by atoms with Crippen molar-refractivity contribution in [3.63, 3.8) is 0 Å². The molecule has 224 valence electrons. The average molecular weight is 547 g/mol. The van der Waals surface area contributed by atoms with Crippen LogP contribution in [0.5, 0.6) is 0 Å². The number of carbonyl (C=O) groups excluding carboxylic acids is 4. The summed E-state index contributed by atoms with van der Waals surface area (Å²) >= 11 is 0. The van der Waals surface area contributed by atoms with E-state index < -0.39 is 12.1 Å². The molecule has 1 aliphatic carbocycles. The van der Waals surface area contributed by atoms with Gasteiger partial charge in [-0.2, -0.15) is 0 Å². The summed E-state index contributed by atoms with van der Waals surface area (Å²) in [7, 11) is 6.31. The van der Waals surface area contributed by atoms with Gasteiger partial charge in [0.2, 0.25) is 0 Å². The van der Waals surface area contributed by atoms with Crippen LogP contribution in [-0.4, -0.2) is 91.3 Å². The second-order valence-electron chi connectivity index (χ2n) is 10.5. The van der Waals surface area contributed by atoms with E-state index in [4.69, 9.17) is 9.47 Å². The van der Waals surface area contributed by atoms with Crippen LogP contribution in [0.25, 0.3) is 0 Å². The SMILES string of the molecule is COC.COC(=O)C(CC=O)NCC(C)C.COCC1CCC(COC(=O)CC(C=O)NCC(C)C)CC1. The van der Waals surface area contributed by atoms with E-state index in [-0.39, 0.29) is 24.8 Å². The van der Waals surface area contributed by atoms with Gasteiger partial charge < -0.3 is 39.2 Å². The average Bonchev–Trinajstić information content (AvgIpc) is 2.89. The Kier molecular flexibility index (Phi) is 25.6. The molecule has 2 N–H and O–H groups in total. The van der Waals surface area contributed by atoms with Gasteiger partial charge in [0.25, 0.3) is 0 Å². The summed E-state index contributed by atoms with van der Waals surface area (Å²) in [6, 6.07) is -0.933. The Morgan fingerprint density at radius 3 is 1.76 bits per heavy atom. The standard InChI is InChI=1S/C17H31NO4.C9H17NO3.C2H6O/c1-13(2)9-18-16(10-19)8-17(20)22-12-15-6-4-14(5-7-15)11-21-3;1-7(2)6-10-8(4-5-11)9(12)13-3;1-3-2/h10,13-16,18H,4-9,11-12H2,1-3H3;5,7-8,10H,4,6H2,1-3H3;1-2H3. The summed E-state index contributed by atoms with van der Waals surface area (Å²) < 4.78 is 19.3. The van der Waals surface area contributed by atoms with Crippen LogP contribution in [0.2, 0.25) is 0 Å². The first-order chi connectivity index (χ1) is 18.1. The van der Waals surface area contributed by atoms with Gasteiger partial charge >= 0.3 is 11.9 Å². The van der Waals surface area contributed by atoms with Crippen LogP contribution >= 0.6 is 0 Å². The Morgan fingerprint density at radius 2 is 1.34 bits per heavy atom. The van der Waals surface area contributed by atoms with Gasteiger partial charge in [0.1, 0.15) is 18.6 Å². The summed E-state index contributed by atoms with van der Waals surface area (Å²) in [4.78, 5) is 44.1. The van der Waals surface area contributed by atoms with Crippen molar-refractivity contribution in [3.05, 3.63) is 0 Å². The number of hydrogen-bond donors (Lipinski definition) is 2. The second-order valence-corrected chi connectivity index (χ2v) is 10.5. The van der Waals surface area contributed by atoms with Gasteiger partial charge in [0, 0.05) is 34.4 Å². The summed E-state index contributed by atoms with van der Waals surface area (Å²) in [6.45, 7) is 10.9. The number of methoxy groups -OCH3 is 3. The van der Waals surface area contributed by atoms with Crippen LogP contribution in [0.3, 0.4) is 0 Å². The number of aldehydes is 2. The van der Waals surface area contributed by atoms with Crippen LogP contribution < -0.4 is 10.6 Å². The van der Waals surface area contributed by atoms with E-state index in [2.05, 4.69) is 34.0 Å². The molecule has 0 amide bonds. The molecule has 0 aromatic heterocycles. The lowest BCUT2D eigenvalue weighted by molar-refractivity contribution is -0.146. The van der Waals surface area contributed by atoms with Crippen molar-refractivity contribution in [2.24, 2.45) is 23.7 Å². The molecule has 0 bridgehead atoms. The maximum atomic E-state index is 11.8. The molecule has 2 atom stereocenters. The minimum atomic E-state index is -0.495. The lowest BCUT2D eigenvalue weighted by Crippen LogP contribution is -2.39. The topological polar surface area (TPSA) is 129 Å². The van der Waals surface area contributed by atoms with Crippen molar-refractivity contribution < 1.29 is 38.1 Å². The van der Waals surface area contributed by atoms with Crippen molar-refractivity contribution >= 4 is 24.5 Å². The third kappa shape index (κ3) is 22.1. The number of rotatable bonds is 16. The van der Waals surface area contributed by atoms with Gasteiger partial charge in [-0.3, -0.25) is 9.59 Å². The van der Waals surface area contributed by atoms with E-state index in [1.165, 1.54) is 7.11 Å². The Hall–Kier alpha value is -1.88. The van der Waals surface area contributed by atoms with Crippen LogP contribution in [0.1, 0.15) is 66.2 Å². The third-order valence-electron chi connectivity index (χ3n) is 5.78. The molecule has 1 saturated carbocycles. The van der Waals surface area contributed by atoms with Gasteiger partial charge in [-0.25, -0.2) is 0 Å². The van der Waals surface area contributed by atoms with E-state index in [0.717, 1.165) is 51.4 Å².